The van der Waals surface area contributed by atoms with E-state index in [0.29, 0.717) is 18.1 Å². The molecule has 1 N–H and O–H groups in total. The van der Waals surface area contributed by atoms with Crippen molar-refractivity contribution in [2.75, 3.05) is 13.1 Å². The molecule has 3 rings (SSSR count). The van der Waals surface area contributed by atoms with Gasteiger partial charge < -0.3 is 5.32 Å². The Labute approximate surface area is 131 Å². The highest BCUT2D eigenvalue weighted by Crippen LogP contribution is 2.39. The minimum atomic E-state index is 0.638. The number of aryl methyl sites for hydroxylation is 1. The number of benzene rings is 1. The summed E-state index contributed by atoms with van der Waals surface area (Å²) in [5, 5.41) is 3.71. The molecule has 3 heteroatoms. The van der Waals surface area contributed by atoms with Gasteiger partial charge in [0.2, 0.25) is 0 Å². The molecule has 3 atom stereocenters. The zero-order chi connectivity index (χ0) is 14.1. The molecule has 1 saturated heterocycles. The number of hydrogen-bond donors (Lipinski definition) is 1. The first-order valence-electron chi connectivity index (χ1n) is 8.00. The average Bonchev–Trinajstić information content (AvgIpc) is 2.89. The van der Waals surface area contributed by atoms with Gasteiger partial charge in [0.1, 0.15) is 0 Å². The Bertz CT molecular complexity index is 474. The van der Waals surface area contributed by atoms with Crippen molar-refractivity contribution in [1.82, 2.24) is 10.2 Å². The fourth-order valence-electron chi connectivity index (χ4n) is 3.83. The highest BCUT2D eigenvalue weighted by atomic mass is 79.9. The summed E-state index contributed by atoms with van der Waals surface area (Å²) < 4.78 is 1.22. The van der Waals surface area contributed by atoms with E-state index >= 15 is 0 Å². The Morgan fingerprint density at radius 1 is 1.30 bits per heavy atom. The average molecular weight is 337 g/mol. The van der Waals surface area contributed by atoms with Crippen LogP contribution in [0.5, 0.6) is 0 Å². The highest BCUT2D eigenvalue weighted by Gasteiger charge is 2.35. The van der Waals surface area contributed by atoms with Crippen LogP contribution in [0, 0.1) is 0 Å². The van der Waals surface area contributed by atoms with E-state index < -0.39 is 0 Å². The van der Waals surface area contributed by atoms with Crippen molar-refractivity contribution in [3.63, 3.8) is 0 Å². The number of hydrogen-bond acceptors (Lipinski definition) is 2. The van der Waals surface area contributed by atoms with E-state index in [-0.39, 0.29) is 0 Å². The largest absolute Gasteiger partial charge is 0.311 e. The Balaban J connectivity index is 1.85. The summed E-state index contributed by atoms with van der Waals surface area (Å²) in [6.07, 6.45) is 4.99. The summed E-state index contributed by atoms with van der Waals surface area (Å²) >= 11 is 3.60. The molecule has 0 saturated carbocycles. The van der Waals surface area contributed by atoms with Crippen LogP contribution in [-0.2, 0) is 6.42 Å². The van der Waals surface area contributed by atoms with Gasteiger partial charge in [-0.3, -0.25) is 4.90 Å². The standard InChI is InChI=1S/C17H25BrN2/c1-3-14-11-20(15(4-2)10-19-14)17-8-5-12-9-13(18)6-7-16(12)17/h6-7,9,14-15,17,19H,3-5,8,10-11H2,1-2H3. The summed E-state index contributed by atoms with van der Waals surface area (Å²) in [7, 11) is 0. The third-order valence-corrected chi connectivity index (χ3v) is 5.55. The van der Waals surface area contributed by atoms with Gasteiger partial charge in [0.25, 0.3) is 0 Å². The van der Waals surface area contributed by atoms with E-state index in [0.717, 1.165) is 6.54 Å². The topological polar surface area (TPSA) is 15.3 Å². The fraction of sp³-hybridized carbons (Fsp3) is 0.647. The molecule has 0 spiro atoms. The number of fused-ring (bicyclic) bond motifs is 1. The summed E-state index contributed by atoms with van der Waals surface area (Å²) in [4.78, 5) is 2.78. The molecule has 1 aromatic carbocycles. The molecular weight excluding hydrogens is 312 g/mol. The maximum Gasteiger partial charge on any atom is 0.0358 e. The van der Waals surface area contributed by atoms with Crippen molar-refractivity contribution in [2.24, 2.45) is 0 Å². The maximum atomic E-state index is 3.71. The molecule has 2 nitrogen and oxygen atoms in total. The molecule has 0 aromatic heterocycles. The highest BCUT2D eigenvalue weighted by molar-refractivity contribution is 9.10. The van der Waals surface area contributed by atoms with Gasteiger partial charge in [0.05, 0.1) is 0 Å². The van der Waals surface area contributed by atoms with Crippen LogP contribution in [0.1, 0.15) is 50.3 Å². The van der Waals surface area contributed by atoms with Crippen molar-refractivity contribution >= 4 is 15.9 Å². The molecule has 110 valence electrons. The van der Waals surface area contributed by atoms with Gasteiger partial charge in [0, 0.05) is 35.7 Å². The molecule has 0 amide bonds. The van der Waals surface area contributed by atoms with Crippen LogP contribution >= 0.6 is 15.9 Å². The third kappa shape index (κ3) is 2.68. The van der Waals surface area contributed by atoms with E-state index in [2.05, 4.69) is 58.2 Å². The van der Waals surface area contributed by atoms with Gasteiger partial charge in [-0.1, -0.05) is 35.8 Å². The van der Waals surface area contributed by atoms with Crippen molar-refractivity contribution in [2.45, 2.75) is 57.7 Å². The van der Waals surface area contributed by atoms with Crippen molar-refractivity contribution in [3.05, 3.63) is 33.8 Å². The molecule has 1 aliphatic carbocycles. The number of rotatable bonds is 3. The van der Waals surface area contributed by atoms with E-state index in [1.165, 1.54) is 36.7 Å². The summed E-state index contributed by atoms with van der Waals surface area (Å²) in [6.45, 7) is 6.97. The Morgan fingerprint density at radius 3 is 2.90 bits per heavy atom. The molecule has 1 aromatic rings. The van der Waals surface area contributed by atoms with Gasteiger partial charge in [-0.2, -0.15) is 0 Å². The van der Waals surface area contributed by atoms with Gasteiger partial charge in [-0.05, 0) is 48.9 Å². The molecule has 0 radical (unpaired) electrons. The van der Waals surface area contributed by atoms with Gasteiger partial charge in [-0.15, -0.1) is 0 Å². The number of nitrogens with zero attached hydrogens (tertiary/aromatic N) is 1. The minimum Gasteiger partial charge on any atom is -0.311 e. The molecule has 2 aliphatic rings. The van der Waals surface area contributed by atoms with Crippen molar-refractivity contribution < 1.29 is 0 Å². The zero-order valence-electron chi connectivity index (χ0n) is 12.5. The lowest BCUT2D eigenvalue weighted by molar-refractivity contribution is 0.0774. The number of piperazine rings is 1. The smallest absolute Gasteiger partial charge is 0.0358 e. The van der Waals surface area contributed by atoms with Crippen molar-refractivity contribution in [1.29, 1.82) is 0 Å². The molecule has 1 heterocycles. The second kappa shape index (κ2) is 6.17. The minimum absolute atomic E-state index is 0.638. The third-order valence-electron chi connectivity index (χ3n) is 5.06. The monoisotopic (exact) mass is 336 g/mol. The van der Waals surface area contributed by atoms with Gasteiger partial charge >= 0.3 is 0 Å². The Morgan fingerprint density at radius 2 is 2.15 bits per heavy atom. The van der Waals surface area contributed by atoms with E-state index in [9.17, 15) is 0 Å². The van der Waals surface area contributed by atoms with Crippen LogP contribution in [-0.4, -0.2) is 30.1 Å². The van der Waals surface area contributed by atoms with Crippen LogP contribution in [0.25, 0.3) is 0 Å². The first-order valence-corrected chi connectivity index (χ1v) is 8.79. The maximum absolute atomic E-state index is 3.71. The lowest BCUT2D eigenvalue weighted by Gasteiger charge is -2.43. The van der Waals surface area contributed by atoms with Gasteiger partial charge in [-0.25, -0.2) is 0 Å². The number of nitrogens with one attached hydrogen (secondary N) is 1. The Kier molecular flexibility index (Phi) is 4.49. The molecule has 20 heavy (non-hydrogen) atoms. The fourth-order valence-corrected chi connectivity index (χ4v) is 4.24. The summed E-state index contributed by atoms with van der Waals surface area (Å²) in [5.41, 5.74) is 3.12. The van der Waals surface area contributed by atoms with E-state index in [4.69, 9.17) is 0 Å². The molecular formula is C17H25BrN2. The molecule has 0 bridgehead atoms. The second-order valence-electron chi connectivity index (χ2n) is 6.17. The van der Waals surface area contributed by atoms with Crippen LogP contribution in [0.3, 0.4) is 0 Å². The van der Waals surface area contributed by atoms with Crippen LogP contribution < -0.4 is 5.32 Å². The Hall–Kier alpha value is -0.380. The molecule has 3 unspecified atom stereocenters. The predicted octanol–water partition coefficient (Wildman–Crippen LogP) is 3.90. The SMILES string of the molecule is CCC1CN(C2CCc3cc(Br)ccc32)C(CC)CN1. The lowest BCUT2D eigenvalue weighted by Crippen LogP contribution is -2.56. The quantitative estimate of drug-likeness (QED) is 0.900. The lowest BCUT2D eigenvalue weighted by atomic mass is 9.99. The summed E-state index contributed by atoms with van der Waals surface area (Å²) in [6, 6.07) is 8.86. The van der Waals surface area contributed by atoms with Crippen molar-refractivity contribution in [3.8, 4) is 0 Å². The second-order valence-corrected chi connectivity index (χ2v) is 7.09. The van der Waals surface area contributed by atoms with Crippen LogP contribution in [0.4, 0.5) is 0 Å². The van der Waals surface area contributed by atoms with E-state index in [1.807, 2.05) is 0 Å². The normalized spacial score (nSPS) is 30.4. The zero-order valence-corrected chi connectivity index (χ0v) is 14.1. The first kappa shape index (κ1) is 14.6. The molecule has 1 aliphatic heterocycles. The first-order chi connectivity index (χ1) is 9.72. The molecule has 1 fully saturated rings. The predicted molar refractivity (Wildman–Crippen MR) is 88.1 cm³/mol. The summed E-state index contributed by atoms with van der Waals surface area (Å²) in [5.74, 6) is 0. The van der Waals surface area contributed by atoms with Crippen LogP contribution in [0.15, 0.2) is 22.7 Å². The van der Waals surface area contributed by atoms with E-state index in [1.54, 1.807) is 11.1 Å². The van der Waals surface area contributed by atoms with Crippen LogP contribution in [0.2, 0.25) is 0 Å². The van der Waals surface area contributed by atoms with Gasteiger partial charge in [0.15, 0.2) is 0 Å². The number of halogens is 1.